The molecule has 0 spiro atoms. The van der Waals surface area contributed by atoms with Crippen molar-refractivity contribution >= 4 is 23.2 Å². The Morgan fingerprint density at radius 3 is 2.13 bits per heavy atom. The lowest BCUT2D eigenvalue weighted by Crippen LogP contribution is -2.36. The normalized spacial score (nSPS) is 18.0. The Kier molecular flexibility index (Phi) is 7.66. The number of halogens is 4. The highest BCUT2D eigenvalue weighted by atomic mass is 35.5. The van der Waals surface area contributed by atoms with E-state index in [1.54, 1.807) is 6.92 Å². The second-order valence-electron chi connectivity index (χ2n) is 8.24. The van der Waals surface area contributed by atoms with E-state index in [1.165, 1.54) is 36.5 Å². The van der Waals surface area contributed by atoms with Gasteiger partial charge in [-0.3, -0.25) is 9.20 Å². The minimum atomic E-state index is -4.56. The van der Waals surface area contributed by atoms with Crippen LogP contribution in [0, 0.1) is 6.92 Å². The van der Waals surface area contributed by atoms with Crippen LogP contribution < -0.4 is 5.32 Å². The lowest BCUT2D eigenvalue weighted by Gasteiger charge is -2.20. The summed E-state index contributed by atoms with van der Waals surface area (Å²) in [7, 11) is 0. The third-order valence-corrected chi connectivity index (χ3v) is 6.11. The number of nitrogens with one attached hydrogen (secondary N) is 1. The average Bonchev–Trinajstić information content (AvgIpc) is 3.00. The number of carbonyl (C=O) groups excluding carboxylic acids is 1. The van der Waals surface area contributed by atoms with Crippen molar-refractivity contribution < 1.29 is 18.0 Å². The Morgan fingerprint density at radius 1 is 1.07 bits per heavy atom. The zero-order valence-electron chi connectivity index (χ0n) is 17.3. The summed E-state index contributed by atoms with van der Waals surface area (Å²) in [6.07, 6.45) is 8.74. The van der Waals surface area contributed by atoms with Crippen LogP contribution in [0.2, 0.25) is 5.02 Å². The first-order valence-electron chi connectivity index (χ1n) is 10.8. The van der Waals surface area contributed by atoms with E-state index in [-0.39, 0.29) is 22.4 Å². The van der Waals surface area contributed by atoms with Crippen molar-refractivity contribution in [2.75, 3.05) is 0 Å². The molecule has 0 aromatic carbocycles. The molecule has 1 fully saturated rings. The van der Waals surface area contributed by atoms with Crippen LogP contribution in [0.4, 0.5) is 13.2 Å². The quantitative estimate of drug-likeness (QED) is 0.560. The maximum Gasteiger partial charge on any atom is 0.417 e. The molecule has 4 nitrogen and oxygen atoms in total. The SMILES string of the molecule is Cc1nc2c(Cl)cc(C(F)(F)F)cn2c1C(=O)NC1CCCCCCCCCCC1. The second-order valence-corrected chi connectivity index (χ2v) is 8.65. The molecule has 0 saturated heterocycles. The third-order valence-electron chi connectivity index (χ3n) is 5.83. The fraction of sp³-hybridized carbons (Fsp3) is 0.636. The van der Waals surface area contributed by atoms with E-state index in [1.807, 2.05) is 0 Å². The van der Waals surface area contributed by atoms with Crippen LogP contribution in [0.3, 0.4) is 0 Å². The van der Waals surface area contributed by atoms with E-state index in [0.717, 1.165) is 50.8 Å². The number of amides is 1. The van der Waals surface area contributed by atoms with Gasteiger partial charge in [0.1, 0.15) is 5.69 Å². The summed E-state index contributed by atoms with van der Waals surface area (Å²) in [6, 6.07) is 0.862. The summed E-state index contributed by atoms with van der Waals surface area (Å²) in [5, 5.41) is 2.93. The van der Waals surface area contributed by atoms with Crippen molar-refractivity contribution in [1.82, 2.24) is 14.7 Å². The van der Waals surface area contributed by atoms with Gasteiger partial charge in [-0.15, -0.1) is 0 Å². The van der Waals surface area contributed by atoms with E-state index in [0.29, 0.717) is 5.69 Å². The van der Waals surface area contributed by atoms with Gasteiger partial charge in [0.2, 0.25) is 0 Å². The van der Waals surface area contributed by atoms with Gasteiger partial charge in [-0.25, -0.2) is 4.98 Å². The Bertz CT molecular complexity index is 867. The first kappa shape index (κ1) is 22.9. The maximum atomic E-state index is 13.2. The Hall–Kier alpha value is -1.76. The van der Waals surface area contributed by atoms with Crippen LogP contribution in [0.15, 0.2) is 12.3 Å². The molecule has 0 bridgehead atoms. The monoisotopic (exact) mass is 443 g/mol. The van der Waals surface area contributed by atoms with E-state index in [9.17, 15) is 18.0 Å². The predicted molar refractivity (Wildman–Crippen MR) is 112 cm³/mol. The molecule has 0 atom stereocenters. The van der Waals surface area contributed by atoms with Crippen LogP contribution in [0.5, 0.6) is 0 Å². The summed E-state index contributed by atoms with van der Waals surface area (Å²) in [6.45, 7) is 1.62. The second kappa shape index (κ2) is 10.0. The topological polar surface area (TPSA) is 46.4 Å². The minimum absolute atomic E-state index is 0.0168. The number of aromatic nitrogens is 2. The van der Waals surface area contributed by atoms with Crippen LogP contribution >= 0.6 is 11.6 Å². The van der Waals surface area contributed by atoms with Crippen molar-refractivity contribution in [2.45, 2.75) is 89.8 Å². The Balaban J connectivity index is 1.82. The van der Waals surface area contributed by atoms with Gasteiger partial charge >= 0.3 is 6.18 Å². The van der Waals surface area contributed by atoms with E-state index < -0.39 is 17.6 Å². The van der Waals surface area contributed by atoms with Gasteiger partial charge < -0.3 is 5.32 Å². The molecule has 8 heteroatoms. The van der Waals surface area contributed by atoms with Gasteiger partial charge in [0.15, 0.2) is 5.65 Å². The number of pyridine rings is 1. The van der Waals surface area contributed by atoms with Crippen molar-refractivity contribution in [1.29, 1.82) is 0 Å². The summed E-state index contributed by atoms with van der Waals surface area (Å²) in [4.78, 5) is 17.3. The highest BCUT2D eigenvalue weighted by Crippen LogP contribution is 2.33. The fourth-order valence-electron chi connectivity index (χ4n) is 4.21. The largest absolute Gasteiger partial charge is 0.417 e. The standard InChI is InChI=1S/C22H29ClF3N3O/c1-15-19(29-14-16(22(24,25)26)13-18(23)20(29)27-15)21(30)28-17-11-9-7-5-3-2-4-6-8-10-12-17/h13-14,17H,2-12H2,1H3,(H,28,30). The molecule has 1 aliphatic rings. The van der Waals surface area contributed by atoms with Crippen molar-refractivity contribution in [3.63, 3.8) is 0 Å². The highest BCUT2D eigenvalue weighted by Gasteiger charge is 2.33. The number of hydrogen-bond acceptors (Lipinski definition) is 2. The number of rotatable bonds is 2. The first-order chi connectivity index (χ1) is 14.3. The molecule has 0 aliphatic heterocycles. The molecular weight excluding hydrogens is 415 g/mol. The van der Waals surface area contributed by atoms with E-state index in [4.69, 9.17) is 11.6 Å². The van der Waals surface area contributed by atoms with Crippen molar-refractivity contribution in [3.8, 4) is 0 Å². The van der Waals surface area contributed by atoms with Gasteiger partial charge in [0.05, 0.1) is 16.3 Å². The number of aryl methyl sites for hydroxylation is 1. The molecule has 1 aliphatic carbocycles. The molecule has 1 N–H and O–H groups in total. The summed E-state index contributed by atoms with van der Waals surface area (Å²) in [5.74, 6) is -0.396. The summed E-state index contributed by atoms with van der Waals surface area (Å²) < 4.78 is 40.9. The molecule has 1 saturated carbocycles. The number of hydrogen-bond donors (Lipinski definition) is 1. The number of imidazole rings is 1. The molecule has 30 heavy (non-hydrogen) atoms. The number of nitrogens with zero attached hydrogens (tertiary/aromatic N) is 2. The highest BCUT2D eigenvalue weighted by molar-refractivity contribution is 6.33. The van der Waals surface area contributed by atoms with Gasteiger partial charge in [-0.2, -0.15) is 13.2 Å². The Morgan fingerprint density at radius 2 is 1.60 bits per heavy atom. The minimum Gasteiger partial charge on any atom is -0.348 e. The molecule has 1 amide bonds. The lowest BCUT2D eigenvalue weighted by atomic mass is 9.98. The van der Waals surface area contributed by atoms with E-state index in [2.05, 4.69) is 10.3 Å². The van der Waals surface area contributed by atoms with Crippen LogP contribution in [-0.2, 0) is 6.18 Å². The van der Waals surface area contributed by atoms with Gasteiger partial charge in [0, 0.05) is 12.2 Å². The zero-order chi connectivity index (χ0) is 21.7. The summed E-state index contributed by atoms with van der Waals surface area (Å²) >= 11 is 6.04. The zero-order valence-corrected chi connectivity index (χ0v) is 18.1. The smallest absolute Gasteiger partial charge is 0.348 e. The van der Waals surface area contributed by atoms with Gasteiger partial charge in [0.25, 0.3) is 5.91 Å². The predicted octanol–water partition coefficient (Wildman–Crippen LogP) is 6.72. The van der Waals surface area contributed by atoms with Gasteiger partial charge in [-0.05, 0) is 25.8 Å². The average molecular weight is 444 g/mol. The fourth-order valence-corrected chi connectivity index (χ4v) is 4.46. The molecule has 0 unspecified atom stereocenters. The van der Waals surface area contributed by atoms with Crippen LogP contribution in [-0.4, -0.2) is 21.3 Å². The molecule has 2 aromatic rings. The molecule has 166 valence electrons. The van der Waals surface area contributed by atoms with Gasteiger partial charge in [-0.1, -0.05) is 69.4 Å². The molecule has 2 heterocycles. The molecule has 3 rings (SSSR count). The van der Waals surface area contributed by atoms with Crippen molar-refractivity contribution in [2.24, 2.45) is 0 Å². The van der Waals surface area contributed by atoms with Crippen LogP contribution in [0.25, 0.3) is 5.65 Å². The number of fused-ring (bicyclic) bond motifs is 1. The third kappa shape index (κ3) is 5.68. The molecule has 0 radical (unpaired) electrons. The number of carbonyl (C=O) groups is 1. The maximum absolute atomic E-state index is 13.2. The summed E-state index contributed by atoms with van der Waals surface area (Å²) in [5.41, 5.74) is -0.269. The van der Waals surface area contributed by atoms with E-state index >= 15 is 0 Å². The van der Waals surface area contributed by atoms with Crippen LogP contribution in [0.1, 0.15) is 92.4 Å². The first-order valence-corrected chi connectivity index (χ1v) is 11.2. The lowest BCUT2D eigenvalue weighted by molar-refractivity contribution is -0.137. The molecule has 2 aromatic heterocycles. The number of alkyl halides is 3. The molecular formula is C22H29ClF3N3O. The Labute approximate surface area is 180 Å². The van der Waals surface area contributed by atoms with Crippen molar-refractivity contribution in [3.05, 3.63) is 34.2 Å².